The van der Waals surface area contributed by atoms with Crippen LogP contribution in [-0.4, -0.2) is 9.55 Å². The molecular weight excluding hydrogens is 275 g/mol. The summed E-state index contributed by atoms with van der Waals surface area (Å²) in [7, 11) is 0. The molecule has 0 aliphatic carbocycles. The van der Waals surface area contributed by atoms with E-state index in [0.29, 0.717) is 10.9 Å². The first-order chi connectivity index (χ1) is 9.58. The van der Waals surface area contributed by atoms with Crippen molar-refractivity contribution in [2.75, 3.05) is 0 Å². The summed E-state index contributed by atoms with van der Waals surface area (Å²) in [4.78, 5) is 15.4. The smallest absolute Gasteiger partial charge is 0.266 e. The van der Waals surface area contributed by atoms with Crippen molar-refractivity contribution in [3.8, 4) is 5.69 Å². The zero-order valence-corrected chi connectivity index (χ0v) is 11.5. The summed E-state index contributed by atoms with van der Waals surface area (Å²) in [5, 5.41) is 0.473. The third kappa shape index (κ3) is 1.96. The molecule has 0 spiro atoms. The van der Waals surface area contributed by atoms with Gasteiger partial charge in [0.05, 0.1) is 16.6 Å². The predicted octanol–water partition coefficient (Wildman–Crippen LogP) is 3.50. The molecule has 0 amide bonds. The molecule has 5 heteroatoms. The van der Waals surface area contributed by atoms with Gasteiger partial charge in [-0.3, -0.25) is 4.79 Å². The topological polar surface area (TPSA) is 37.8 Å². The summed E-state index contributed by atoms with van der Waals surface area (Å²) in [6.45, 7) is 1.79. The van der Waals surface area contributed by atoms with Crippen molar-refractivity contribution in [2.24, 2.45) is 0 Å². The SMILES string of the molecule is Cc1ccc(-n2c(=S)[nH]c3ccccc3c2=O)c(F)c1. The van der Waals surface area contributed by atoms with E-state index in [2.05, 4.69) is 4.98 Å². The van der Waals surface area contributed by atoms with Crippen LogP contribution < -0.4 is 5.56 Å². The number of hydrogen-bond donors (Lipinski definition) is 1. The Hall–Kier alpha value is -2.27. The Morgan fingerprint density at radius 1 is 1.20 bits per heavy atom. The highest BCUT2D eigenvalue weighted by Crippen LogP contribution is 2.15. The van der Waals surface area contributed by atoms with Crippen LogP contribution in [0.15, 0.2) is 47.3 Å². The van der Waals surface area contributed by atoms with Crippen LogP contribution in [0, 0.1) is 17.5 Å². The van der Waals surface area contributed by atoms with E-state index in [4.69, 9.17) is 12.2 Å². The Morgan fingerprint density at radius 3 is 2.70 bits per heavy atom. The highest BCUT2D eigenvalue weighted by Gasteiger charge is 2.11. The molecule has 20 heavy (non-hydrogen) atoms. The molecule has 3 rings (SSSR count). The number of para-hydroxylation sites is 1. The minimum absolute atomic E-state index is 0.160. The number of nitrogens with one attached hydrogen (secondary N) is 1. The molecule has 100 valence electrons. The van der Waals surface area contributed by atoms with Crippen LogP contribution in [0.4, 0.5) is 4.39 Å². The lowest BCUT2D eigenvalue weighted by molar-refractivity contribution is 0.613. The van der Waals surface area contributed by atoms with Gasteiger partial charge in [0.2, 0.25) is 0 Å². The van der Waals surface area contributed by atoms with Gasteiger partial charge >= 0.3 is 0 Å². The van der Waals surface area contributed by atoms with E-state index in [9.17, 15) is 9.18 Å². The Morgan fingerprint density at radius 2 is 1.95 bits per heavy atom. The third-order valence-corrected chi connectivity index (χ3v) is 3.43. The summed E-state index contributed by atoms with van der Waals surface area (Å²) in [5.41, 5.74) is 1.26. The van der Waals surface area contributed by atoms with Crippen molar-refractivity contribution < 1.29 is 4.39 Å². The van der Waals surface area contributed by atoms with Crippen LogP contribution in [0.3, 0.4) is 0 Å². The number of benzene rings is 2. The maximum Gasteiger partial charge on any atom is 0.266 e. The lowest BCUT2D eigenvalue weighted by Gasteiger charge is -2.09. The van der Waals surface area contributed by atoms with Gasteiger partial charge in [0, 0.05) is 0 Å². The number of nitrogens with zero attached hydrogens (tertiary/aromatic N) is 1. The van der Waals surface area contributed by atoms with E-state index in [-0.39, 0.29) is 16.0 Å². The number of aromatic amines is 1. The van der Waals surface area contributed by atoms with Crippen molar-refractivity contribution in [2.45, 2.75) is 6.92 Å². The molecular formula is C15H11FN2OS. The van der Waals surface area contributed by atoms with Crippen LogP contribution in [0.2, 0.25) is 0 Å². The molecule has 1 N–H and O–H groups in total. The van der Waals surface area contributed by atoms with Gasteiger partial charge in [-0.1, -0.05) is 18.2 Å². The van der Waals surface area contributed by atoms with Crippen molar-refractivity contribution in [3.05, 3.63) is 69.0 Å². The third-order valence-electron chi connectivity index (χ3n) is 3.15. The highest BCUT2D eigenvalue weighted by atomic mass is 32.1. The monoisotopic (exact) mass is 286 g/mol. The van der Waals surface area contributed by atoms with Crippen LogP contribution in [0.1, 0.15) is 5.56 Å². The van der Waals surface area contributed by atoms with Crippen LogP contribution in [0.25, 0.3) is 16.6 Å². The summed E-state index contributed by atoms with van der Waals surface area (Å²) < 4.78 is 15.4. The van der Waals surface area contributed by atoms with Crippen LogP contribution >= 0.6 is 12.2 Å². The molecule has 0 aliphatic rings. The molecule has 0 saturated heterocycles. The maximum atomic E-state index is 14.1. The molecule has 0 atom stereocenters. The van der Waals surface area contributed by atoms with E-state index < -0.39 is 5.82 Å². The van der Waals surface area contributed by atoms with Gasteiger partial charge in [-0.2, -0.15) is 0 Å². The predicted molar refractivity (Wildman–Crippen MR) is 79.4 cm³/mol. The second kappa shape index (κ2) is 4.68. The molecule has 1 heterocycles. The molecule has 0 unspecified atom stereocenters. The van der Waals surface area contributed by atoms with Crippen molar-refractivity contribution in [3.63, 3.8) is 0 Å². The molecule has 3 nitrogen and oxygen atoms in total. The van der Waals surface area contributed by atoms with Crippen molar-refractivity contribution in [1.29, 1.82) is 0 Å². The zero-order valence-electron chi connectivity index (χ0n) is 10.7. The van der Waals surface area contributed by atoms with Gasteiger partial charge in [-0.15, -0.1) is 0 Å². The second-order valence-corrected chi connectivity index (χ2v) is 4.96. The average molecular weight is 286 g/mol. The molecule has 3 aromatic rings. The number of H-pyrrole nitrogens is 1. The molecule has 0 bridgehead atoms. The number of aryl methyl sites for hydroxylation is 1. The van der Waals surface area contributed by atoms with Gasteiger partial charge in [-0.05, 0) is 49.0 Å². The number of fused-ring (bicyclic) bond motifs is 1. The Bertz CT molecular complexity index is 927. The van der Waals surface area contributed by atoms with E-state index in [0.717, 1.165) is 5.56 Å². The largest absolute Gasteiger partial charge is 0.331 e. The minimum Gasteiger partial charge on any atom is -0.331 e. The summed E-state index contributed by atoms with van der Waals surface area (Å²) >= 11 is 5.18. The fourth-order valence-electron chi connectivity index (χ4n) is 2.17. The quantitative estimate of drug-likeness (QED) is 0.695. The standard InChI is InChI=1S/C15H11FN2OS/c1-9-6-7-13(11(16)8-9)18-14(19)10-4-2-3-5-12(10)17-15(18)20/h2-8H,1H3,(H,17,20). The Kier molecular flexibility index (Phi) is 2.99. The van der Waals surface area contributed by atoms with Gasteiger partial charge in [0.15, 0.2) is 4.77 Å². The molecule has 0 radical (unpaired) electrons. The van der Waals surface area contributed by atoms with Gasteiger partial charge in [0.25, 0.3) is 5.56 Å². The first kappa shape index (κ1) is 12.7. The van der Waals surface area contributed by atoms with Crippen molar-refractivity contribution >= 4 is 23.1 Å². The van der Waals surface area contributed by atoms with E-state index in [1.165, 1.54) is 10.6 Å². The van der Waals surface area contributed by atoms with E-state index in [1.54, 1.807) is 37.3 Å². The zero-order chi connectivity index (χ0) is 14.3. The fraction of sp³-hybridized carbons (Fsp3) is 0.0667. The first-order valence-electron chi connectivity index (χ1n) is 6.08. The minimum atomic E-state index is -0.470. The maximum absolute atomic E-state index is 14.1. The number of aromatic nitrogens is 2. The van der Waals surface area contributed by atoms with E-state index in [1.807, 2.05) is 6.07 Å². The number of rotatable bonds is 1. The van der Waals surface area contributed by atoms with E-state index >= 15 is 0 Å². The summed E-state index contributed by atoms with van der Waals surface area (Å²) in [5.74, 6) is -0.470. The highest BCUT2D eigenvalue weighted by molar-refractivity contribution is 7.71. The number of hydrogen-bond acceptors (Lipinski definition) is 2. The summed E-state index contributed by atoms with van der Waals surface area (Å²) in [6, 6.07) is 11.7. The average Bonchev–Trinajstić information content (AvgIpc) is 2.41. The Balaban J connectivity index is 2.43. The fourth-order valence-corrected chi connectivity index (χ4v) is 2.47. The molecule has 0 saturated carbocycles. The van der Waals surface area contributed by atoms with Gasteiger partial charge in [-0.25, -0.2) is 8.96 Å². The van der Waals surface area contributed by atoms with Crippen LogP contribution in [-0.2, 0) is 0 Å². The normalized spacial score (nSPS) is 10.9. The first-order valence-corrected chi connectivity index (χ1v) is 6.49. The lowest BCUT2D eigenvalue weighted by atomic mass is 10.2. The molecule has 1 aromatic heterocycles. The second-order valence-electron chi connectivity index (χ2n) is 4.57. The summed E-state index contributed by atoms with van der Waals surface area (Å²) in [6.07, 6.45) is 0. The lowest BCUT2D eigenvalue weighted by Crippen LogP contribution is -2.21. The van der Waals surface area contributed by atoms with Gasteiger partial charge < -0.3 is 4.98 Å². The van der Waals surface area contributed by atoms with Gasteiger partial charge in [0.1, 0.15) is 5.82 Å². The molecule has 2 aromatic carbocycles. The number of halogens is 1. The van der Waals surface area contributed by atoms with Crippen molar-refractivity contribution in [1.82, 2.24) is 9.55 Å². The van der Waals surface area contributed by atoms with Crippen LogP contribution in [0.5, 0.6) is 0 Å². The molecule has 0 fully saturated rings. The Labute approximate surface area is 119 Å². The molecule has 0 aliphatic heterocycles.